The number of carbonyl (C=O) groups is 1. The van der Waals surface area contributed by atoms with Crippen LogP contribution in [0.2, 0.25) is 0 Å². The van der Waals surface area contributed by atoms with Gasteiger partial charge in [0.05, 0.1) is 18.8 Å². The summed E-state index contributed by atoms with van der Waals surface area (Å²) in [5.74, 6) is -0.0752. The quantitative estimate of drug-likeness (QED) is 0.0455. The first-order valence-corrected chi connectivity index (χ1v) is 21.1. The zero-order chi connectivity index (χ0) is 34.3. The van der Waals surface area contributed by atoms with E-state index in [1.165, 1.54) is 173 Å². The summed E-state index contributed by atoms with van der Waals surface area (Å²) in [7, 11) is 0. The van der Waals surface area contributed by atoms with Gasteiger partial charge in [-0.3, -0.25) is 4.79 Å². The monoisotopic (exact) mass is 662 g/mol. The molecule has 1 amide bonds. The summed E-state index contributed by atoms with van der Waals surface area (Å²) in [5.41, 5.74) is 0. The molecule has 2 atom stereocenters. The third kappa shape index (κ3) is 36.0. The molecular weight excluding hydrogens is 578 g/mol. The summed E-state index contributed by atoms with van der Waals surface area (Å²) < 4.78 is 0. The van der Waals surface area contributed by atoms with Gasteiger partial charge in [-0.25, -0.2) is 0 Å². The lowest BCUT2D eigenvalue weighted by molar-refractivity contribution is -0.123. The third-order valence-electron chi connectivity index (χ3n) is 9.69. The van der Waals surface area contributed by atoms with Gasteiger partial charge in [0.1, 0.15) is 0 Å². The maximum Gasteiger partial charge on any atom is 0.220 e. The molecular formula is C43H83NO3. The highest BCUT2D eigenvalue weighted by atomic mass is 16.3. The summed E-state index contributed by atoms with van der Waals surface area (Å²) in [6.07, 6.45) is 50.1. The van der Waals surface area contributed by atoms with E-state index in [9.17, 15) is 15.0 Å². The van der Waals surface area contributed by atoms with E-state index < -0.39 is 12.1 Å². The van der Waals surface area contributed by atoms with E-state index in [-0.39, 0.29) is 12.5 Å². The van der Waals surface area contributed by atoms with Gasteiger partial charge in [0.2, 0.25) is 5.91 Å². The Morgan fingerprint density at radius 1 is 0.489 bits per heavy atom. The topological polar surface area (TPSA) is 69.6 Å². The molecule has 0 aromatic heterocycles. The van der Waals surface area contributed by atoms with Gasteiger partial charge in [-0.1, -0.05) is 212 Å². The molecule has 0 heterocycles. The first-order chi connectivity index (χ1) is 23.2. The molecule has 0 aliphatic carbocycles. The van der Waals surface area contributed by atoms with Crippen molar-refractivity contribution in [1.29, 1.82) is 0 Å². The van der Waals surface area contributed by atoms with Crippen LogP contribution < -0.4 is 5.32 Å². The molecule has 278 valence electrons. The molecule has 0 saturated heterocycles. The lowest BCUT2D eigenvalue weighted by Crippen LogP contribution is -2.45. The van der Waals surface area contributed by atoms with Gasteiger partial charge in [-0.15, -0.1) is 0 Å². The largest absolute Gasteiger partial charge is 0.394 e. The van der Waals surface area contributed by atoms with Crippen LogP contribution >= 0.6 is 0 Å². The van der Waals surface area contributed by atoms with Gasteiger partial charge >= 0.3 is 0 Å². The molecule has 0 rings (SSSR count). The highest BCUT2D eigenvalue weighted by Crippen LogP contribution is 2.15. The molecule has 2 unspecified atom stereocenters. The summed E-state index contributed by atoms with van der Waals surface area (Å²) >= 11 is 0. The highest BCUT2D eigenvalue weighted by molar-refractivity contribution is 5.76. The van der Waals surface area contributed by atoms with Crippen LogP contribution in [0.15, 0.2) is 24.3 Å². The zero-order valence-corrected chi connectivity index (χ0v) is 31.8. The van der Waals surface area contributed by atoms with Crippen LogP contribution in [0.5, 0.6) is 0 Å². The second-order valence-corrected chi connectivity index (χ2v) is 14.4. The SMILES string of the molecule is CCCCCCCCCCCCCCCCCCCCC/C=C/CC/C=C/C(O)C(CO)NC(=O)CCCCCCCCCCCC. The minimum absolute atomic E-state index is 0.0752. The van der Waals surface area contributed by atoms with E-state index in [1.54, 1.807) is 6.08 Å². The zero-order valence-electron chi connectivity index (χ0n) is 31.8. The van der Waals surface area contributed by atoms with Crippen LogP contribution in [0.1, 0.15) is 226 Å². The summed E-state index contributed by atoms with van der Waals surface area (Å²) in [6, 6.07) is -0.633. The van der Waals surface area contributed by atoms with Crippen molar-refractivity contribution in [3.63, 3.8) is 0 Å². The van der Waals surface area contributed by atoms with Crippen LogP contribution in [0.4, 0.5) is 0 Å². The third-order valence-corrected chi connectivity index (χ3v) is 9.69. The molecule has 0 aliphatic rings. The normalized spacial score (nSPS) is 13.2. The number of unbranched alkanes of at least 4 members (excludes halogenated alkanes) is 29. The molecule has 3 N–H and O–H groups in total. The average Bonchev–Trinajstić information content (AvgIpc) is 3.07. The standard InChI is InChI=1S/C43H83NO3/c1-3-5-7-9-11-13-15-16-17-18-19-20-21-22-23-24-25-26-27-28-29-30-32-34-36-38-42(46)41(40-45)44-43(47)39-37-35-33-31-14-12-10-8-6-4-2/h29-30,36,38,41-42,45-46H,3-28,31-35,37,39-40H2,1-2H3,(H,44,47)/b30-29+,38-36+. The Labute approximate surface area is 294 Å². The number of aliphatic hydroxyl groups is 2. The van der Waals surface area contributed by atoms with Crippen molar-refractivity contribution in [3.05, 3.63) is 24.3 Å². The second kappa shape index (κ2) is 39.3. The number of rotatable bonds is 38. The van der Waals surface area contributed by atoms with Crippen molar-refractivity contribution in [2.75, 3.05) is 6.61 Å². The smallest absolute Gasteiger partial charge is 0.220 e. The second-order valence-electron chi connectivity index (χ2n) is 14.4. The van der Waals surface area contributed by atoms with Gasteiger partial charge in [0.25, 0.3) is 0 Å². The minimum atomic E-state index is -0.856. The molecule has 0 saturated carbocycles. The van der Waals surface area contributed by atoms with Crippen molar-refractivity contribution < 1.29 is 15.0 Å². The van der Waals surface area contributed by atoms with Gasteiger partial charge in [0, 0.05) is 6.42 Å². The van der Waals surface area contributed by atoms with E-state index in [4.69, 9.17) is 0 Å². The highest BCUT2D eigenvalue weighted by Gasteiger charge is 2.17. The maximum atomic E-state index is 12.3. The van der Waals surface area contributed by atoms with Crippen molar-refractivity contribution >= 4 is 5.91 Å². The lowest BCUT2D eigenvalue weighted by Gasteiger charge is -2.19. The van der Waals surface area contributed by atoms with E-state index >= 15 is 0 Å². The molecule has 0 aliphatic heterocycles. The number of carbonyl (C=O) groups excluding carboxylic acids is 1. The fourth-order valence-electron chi connectivity index (χ4n) is 6.43. The molecule has 0 fully saturated rings. The van der Waals surface area contributed by atoms with Crippen molar-refractivity contribution in [3.8, 4) is 0 Å². The van der Waals surface area contributed by atoms with Crippen LogP contribution in [0.3, 0.4) is 0 Å². The van der Waals surface area contributed by atoms with Gasteiger partial charge in [-0.2, -0.15) is 0 Å². The Balaban J connectivity index is 3.54. The van der Waals surface area contributed by atoms with Gasteiger partial charge in [0.15, 0.2) is 0 Å². The molecule has 0 bridgehead atoms. The molecule has 0 spiro atoms. The molecule has 4 heteroatoms. The molecule has 4 nitrogen and oxygen atoms in total. The maximum absolute atomic E-state index is 12.3. The molecule has 0 aromatic rings. The minimum Gasteiger partial charge on any atom is -0.394 e. The van der Waals surface area contributed by atoms with E-state index in [1.807, 2.05) is 6.08 Å². The van der Waals surface area contributed by atoms with Gasteiger partial charge < -0.3 is 15.5 Å². The Morgan fingerprint density at radius 3 is 1.23 bits per heavy atom. The number of nitrogens with one attached hydrogen (secondary N) is 1. The Morgan fingerprint density at radius 2 is 0.830 bits per heavy atom. The van der Waals surface area contributed by atoms with Gasteiger partial charge in [-0.05, 0) is 32.1 Å². The van der Waals surface area contributed by atoms with E-state index in [0.717, 1.165) is 32.1 Å². The first kappa shape index (κ1) is 45.9. The van der Waals surface area contributed by atoms with E-state index in [2.05, 4.69) is 31.3 Å². The summed E-state index contributed by atoms with van der Waals surface area (Å²) in [6.45, 7) is 4.29. The number of allylic oxidation sites excluding steroid dienone is 3. The summed E-state index contributed by atoms with van der Waals surface area (Å²) in [5, 5.41) is 22.9. The van der Waals surface area contributed by atoms with E-state index in [0.29, 0.717) is 6.42 Å². The molecule has 0 radical (unpaired) electrons. The average molecular weight is 662 g/mol. The molecule has 0 aromatic carbocycles. The number of hydrogen-bond acceptors (Lipinski definition) is 3. The van der Waals surface area contributed by atoms with Crippen LogP contribution in [-0.4, -0.2) is 34.9 Å². The Bertz CT molecular complexity index is 676. The predicted octanol–water partition coefficient (Wildman–Crippen LogP) is 12.8. The molecule has 47 heavy (non-hydrogen) atoms. The fourth-order valence-corrected chi connectivity index (χ4v) is 6.43. The van der Waals surface area contributed by atoms with Crippen LogP contribution in [0.25, 0.3) is 0 Å². The van der Waals surface area contributed by atoms with Crippen LogP contribution in [0, 0.1) is 0 Å². The van der Waals surface area contributed by atoms with Crippen LogP contribution in [-0.2, 0) is 4.79 Å². The van der Waals surface area contributed by atoms with Crippen molar-refractivity contribution in [2.45, 2.75) is 238 Å². The summed E-state index contributed by atoms with van der Waals surface area (Å²) in [4.78, 5) is 12.3. The lowest BCUT2D eigenvalue weighted by atomic mass is 10.0. The number of hydrogen-bond donors (Lipinski definition) is 3. The fraction of sp³-hybridized carbons (Fsp3) is 0.884. The number of amides is 1. The Hall–Kier alpha value is -1.13. The predicted molar refractivity (Wildman–Crippen MR) is 207 cm³/mol. The van der Waals surface area contributed by atoms with Crippen molar-refractivity contribution in [2.24, 2.45) is 0 Å². The first-order valence-electron chi connectivity index (χ1n) is 21.1. The van der Waals surface area contributed by atoms with Crippen molar-refractivity contribution in [1.82, 2.24) is 5.32 Å². The number of aliphatic hydroxyl groups excluding tert-OH is 2. The Kier molecular flexibility index (Phi) is 38.4.